The van der Waals surface area contributed by atoms with Gasteiger partial charge in [0.2, 0.25) is 0 Å². The Labute approximate surface area is 104 Å². The predicted octanol–water partition coefficient (Wildman–Crippen LogP) is 1.05. The molecular formula is C11H9NO5S. The van der Waals surface area contributed by atoms with Crippen LogP contribution in [-0.2, 0) is 19.6 Å². The van der Waals surface area contributed by atoms with Crippen LogP contribution >= 0.6 is 0 Å². The molecule has 0 heterocycles. The number of isocyanates is 1. The van der Waals surface area contributed by atoms with Gasteiger partial charge in [-0.2, -0.15) is 8.42 Å². The van der Waals surface area contributed by atoms with Crippen LogP contribution in [0.4, 0.5) is 0 Å². The number of hydrogen-bond acceptors (Lipinski definition) is 5. The van der Waals surface area contributed by atoms with Gasteiger partial charge in [-0.05, 0) is 24.3 Å². The van der Waals surface area contributed by atoms with Crippen molar-refractivity contribution in [1.29, 1.82) is 0 Å². The standard InChI is InChI=1S/C11H9NO5S/c1-2-7-17-11(14)9-3-5-10(6-4-9)18(15,16)12-8-13/h2-6H,1,7H2. The van der Waals surface area contributed by atoms with Crippen molar-refractivity contribution in [2.75, 3.05) is 6.61 Å². The molecular weight excluding hydrogens is 258 g/mol. The first-order valence-corrected chi connectivity index (χ1v) is 6.17. The van der Waals surface area contributed by atoms with E-state index in [2.05, 4.69) is 11.0 Å². The lowest BCUT2D eigenvalue weighted by Crippen LogP contribution is -2.05. The summed E-state index contributed by atoms with van der Waals surface area (Å²) in [7, 11) is -4.04. The van der Waals surface area contributed by atoms with Crippen molar-refractivity contribution in [2.24, 2.45) is 4.40 Å². The zero-order chi connectivity index (χ0) is 13.6. The molecule has 0 amide bonds. The van der Waals surface area contributed by atoms with Crippen LogP contribution in [0.25, 0.3) is 0 Å². The monoisotopic (exact) mass is 267 g/mol. The summed E-state index contributed by atoms with van der Waals surface area (Å²) >= 11 is 0. The van der Waals surface area contributed by atoms with Crippen molar-refractivity contribution in [3.63, 3.8) is 0 Å². The van der Waals surface area contributed by atoms with Gasteiger partial charge in [-0.3, -0.25) is 0 Å². The zero-order valence-corrected chi connectivity index (χ0v) is 10.0. The summed E-state index contributed by atoms with van der Waals surface area (Å²) in [6, 6.07) is 4.83. The van der Waals surface area contributed by atoms with Crippen molar-refractivity contribution in [3.8, 4) is 0 Å². The van der Waals surface area contributed by atoms with E-state index in [1.807, 2.05) is 0 Å². The number of carbonyl (C=O) groups excluding carboxylic acids is 2. The maximum absolute atomic E-state index is 11.4. The third kappa shape index (κ3) is 3.38. The smallest absolute Gasteiger partial charge is 0.338 e. The highest BCUT2D eigenvalue weighted by atomic mass is 32.2. The zero-order valence-electron chi connectivity index (χ0n) is 9.20. The minimum absolute atomic E-state index is 0.0638. The summed E-state index contributed by atoms with van der Waals surface area (Å²) < 4.78 is 30.1. The molecule has 0 saturated carbocycles. The van der Waals surface area contributed by atoms with Crippen LogP contribution in [0.15, 0.2) is 46.2 Å². The molecule has 7 heteroatoms. The molecule has 0 aliphatic carbocycles. The minimum Gasteiger partial charge on any atom is -0.458 e. The van der Waals surface area contributed by atoms with Crippen LogP contribution in [0.2, 0.25) is 0 Å². The Morgan fingerprint density at radius 3 is 2.50 bits per heavy atom. The predicted molar refractivity (Wildman–Crippen MR) is 62.2 cm³/mol. The molecule has 0 N–H and O–H groups in total. The number of sulfonamides is 1. The second kappa shape index (κ2) is 5.90. The van der Waals surface area contributed by atoms with Crippen LogP contribution in [0, 0.1) is 0 Å². The summed E-state index contributed by atoms with van der Waals surface area (Å²) in [6.45, 7) is 3.45. The molecule has 1 aromatic rings. The van der Waals surface area contributed by atoms with Crippen LogP contribution in [0.3, 0.4) is 0 Å². The Bertz CT molecular complexity index is 597. The van der Waals surface area contributed by atoms with E-state index in [4.69, 9.17) is 4.74 Å². The van der Waals surface area contributed by atoms with Gasteiger partial charge in [0.1, 0.15) is 6.61 Å². The average Bonchev–Trinajstić information content (AvgIpc) is 2.36. The van der Waals surface area contributed by atoms with Crippen molar-refractivity contribution in [1.82, 2.24) is 0 Å². The molecule has 0 radical (unpaired) electrons. The molecule has 0 bridgehead atoms. The Morgan fingerprint density at radius 2 is 2.00 bits per heavy atom. The molecule has 0 fully saturated rings. The molecule has 0 aromatic heterocycles. The second-order valence-electron chi connectivity index (χ2n) is 3.07. The van der Waals surface area contributed by atoms with Gasteiger partial charge in [0, 0.05) is 0 Å². The summed E-state index contributed by atoms with van der Waals surface area (Å²) in [4.78, 5) is 21.1. The summed E-state index contributed by atoms with van der Waals surface area (Å²) in [5.74, 6) is -0.599. The van der Waals surface area contributed by atoms with Crippen molar-refractivity contribution in [2.45, 2.75) is 4.90 Å². The Morgan fingerprint density at radius 1 is 1.39 bits per heavy atom. The number of nitrogens with zero attached hydrogens (tertiary/aromatic N) is 1. The normalized spacial score (nSPS) is 10.2. The highest BCUT2D eigenvalue weighted by Crippen LogP contribution is 2.13. The van der Waals surface area contributed by atoms with Crippen molar-refractivity contribution < 1.29 is 22.7 Å². The molecule has 18 heavy (non-hydrogen) atoms. The Balaban J connectivity index is 2.96. The van der Waals surface area contributed by atoms with Crippen LogP contribution < -0.4 is 0 Å². The SMILES string of the molecule is C=CCOC(=O)c1ccc(S(=O)(=O)N=C=O)cc1. The van der Waals surface area contributed by atoms with Gasteiger partial charge in [0.25, 0.3) is 16.1 Å². The average molecular weight is 267 g/mol. The van der Waals surface area contributed by atoms with E-state index in [9.17, 15) is 18.0 Å². The molecule has 0 saturated heterocycles. The van der Waals surface area contributed by atoms with Gasteiger partial charge in [-0.15, -0.1) is 0 Å². The highest BCUT2D eigenvalue weighted by molar-refractivity contribution is 7.90. The molecule has 0 spiro atoms. The summed E-state index contributed by atoms with van der Waals surface area (Å²) in [5, 5.41) is 0. The first kappa shape index (κ1) is 13.8. The first-order valence-electron chi connectivity index (χ1n) is 4.73. The van der Waals surface area contributed by atoms with Crippen molar-refractivity contribution >= 4 is 22.1 Å². The van der Waals surface area contributed by atoms with Gasteiger partial charge in [-0.1, -0.05) is 17.1 Å². The van der Waals surface area contributed by atoms with Gasteiger partial charge in [0.05, 0.1) is 10.5 Å². The fourth-order valence-electron chi connectivity index (χ4n) is 1.08. The maximum Gasteiger partial charge on any atom is 0.338 e. The lowest BCUT2D eigenvalue weighted by atomic mass is 10.2. The molecule has 6 nitrogen and oxygen atoms in total. The number of esters is 1. The van der Waals surface area contributed by atoms with Gasteiger partial charge in [-0.25, -0.2) is 9.59 Å². The highest BCUT2D eigenvalue weighted by Gasteiger charge is 2.14. The summed E-state index contributed by atoms with van der Waals surface area (Å²) in [5.41, 5.74) is 0.186. The van der Waals surface area contributed by atoms with Crippen LogP contribution in [-0.4, -0.2) is 27.1 Å². The van der Waals surface area contributed by atoms with Crippen LogP contribution in [0.5, 0.6) is 0 Å². The number of benzene rings is 1. The third-order valence-electron chi connectivity index (χ3n) is 1.88. The van der Waals surface area contributed by atoms with Gasteiger partial charge in [0.15, 0.2) is 0 Å². The number of rotatable bonds is 5. The van der Waals surface area contributed by atoms with Crippen molar-refractivity contribution in [3.05, 3.63) is 42.5 Å². The topological polar surface area (TPSA) is 89.9 Å². The molecule has 1 aromatic carbocycles. The molecule has 1 rings (SSSR count). The number of hydrogen-bond donors (Lipinski definition) is 0. The number of ether oxygens (including phenoxy) is 1. The number of carbonyl (C=O) groups is 1. The third-order valence-corrected chi connectivity index (χ3v) is 3.06. The maximum atomic E-state index is 11.4. The Hall–Kier alpha value is -2.24. The van der Waals surface area contributed by atoms with E-state index in [0.29, 0.717) is 0 Å². The van der Waals surface area contributed by atoms with E-state index in [1.54, 1.807) is 0 Å². The molecule has 0 atom stereocenters. The van der Waals surface area contributed by atoms with E-state index in [0.717, 1.165) is 18.2 Å². The Kier molecular flexibility index (Phi) is 4.53. The lowest BCUT2D eigenvalue weighted by molar-refractivity contribution is 0.0549. The van der Waals surface area contributed by atoms with Gasteiger partial charge < -0.3 is 4.74 Å². The fourth-order valence-corrected chi connectivity index (χ4v) is 1.77. The molecule has 0 aliphatic rings. The fraction of sp³-hybridized carbons (Fsp3) is 0.0909. The van der Waals surface area contributed by atoms with E-state index in [1.165, 1.54) is 18.2 Å². The van der Waals surface area contributed by atoms with E-state index < -0.39 is 16.0 Å². The van der Waals surface area contributed by atoms with Crippen LogP contribution in [0.1, 0.15) is 10.4 Å². The second-order valence-corrected chi connectivity index (χ2v) is 4.67. The minimum atomic E-state index is -4.04. The molecule has 0 aliphatic heterocycles. The lowest BCUT2D eigenvalue weighted by Gasteiger charge is -2.02. The first-order chi connectivity index (χ1) is 8.51. The van der Waals surface area contributed by atoms with Gasteiger partial charge >= 0.3 is 5.97 Å². The van der Waals surface area contributed by atoms with E-state index in [-0.39, 0.29) is 17.1 Å². The molecule has 0 unspecified atom stereocenters. The molecule has 94 valence electrons. The van der Waals surface area contributed by atoms with E-state index >= 15 is 0 Å². The summed E-state index contributed by atoms with van der Waals surface area (Å²) in [6.07, 6.45) is 2.37. The quantitative estimate of drug-likeness (QED) is 0.344. The largest absolute Gasteiger partial charge is 0.458 e.